The number of hydrogen-bond donors (Lipinski definition) is 1. The Kier molecular flexibility index (Phi) is 1.89. The van der Waals surface area contributed by atoms with Crippen LogP contribution in [0, 0.1) is 0 Å². The molecule has 0 spiro atoms. The summed E-state index contributed by atoms with van der Waals surface area (Å²) in [5.74, 6) is 0. The number of hydrogen-bond acceptors (Lipinski definition) is 2. The average molecular weight is 165 g/mol. The minimum absolute atomic E-state index is 0.530. The van der Waals surface area contributed by atoms with Crippen LogP contribution in [-0.4, -0.2) is 16.8 Å². The molecule has 1 aliphatic rings. The standard InChI is InChI=1S/C9H15N3/c1-10-8-4-3-5-9-7(8)6-11-12(9)2/h6,8,10H,3-5H2,1-2H3. The van der Waals surface area contributed by atoms with Gasteiger partial charge in [0.05, 0.1) is 6.20 Å². The zero-order valence-corrected chi connectivity index (χ0v) is 7.67. The molecule has 0 aromatic carbocycles. The van der Waals surface area contributed by atoms with Crippen LogP contribution >= 0.6 is 0 Å². The van der Waals surface area contributed by atoms with Crippen LogP contribution in [0.2, 0.25) is 0 Å². The van der Waals surface area contributed by atoms with Crippen LogP contribution in [0.4, 0.5) is 0 Å². The van der Waals surface area contributed by atoms with E-state index in [1.165, 1.54) is 30.5 Å². The Morgan fingerprint density at radius 3 is 3.25 bits per heavy atom. The third kappa shape index (κ3) is 1.05. The number of fused-ring (bicyclic) bond motifs is 1. The first-order valence-electron chi connectivity index (χ1n) is 4.51. The Hall–Kier alpha value is -0.830. The zero-order valence-electron chi connectivity index (χ0n) is 7.67. The molecule has 1 unspecified atom stereocenters. The fourth-order valence-corrected chi connectivity index (χ4v) is 2.01. The minimum Gasteiger partial charge on any atom is -0.313 e. The summed E-state index contributed by atoms with van der Waals surface area (Å²) in [6.45, 7) is 0. The van der Waals surface area contributed by atoms with Gasteiger partial charge in [0.15, 0.2) is 0 Å². The van der Waals surface area contributed by atoms with Crippen molar-refractivity contribution in [3.63, 3.8) is 0 Å². The minimum atomic E-state index is 0.530. The van der Waals surface area contributed by atoms with Crippen molar-refractivity contribution in [2.24, 2.45) is 7.05 Å². The zero-order chi connectivity index (χ0) is 8.55. The van der Waals surface area contributed by atoms with Gasteiger partial charge in [0.1, 0.15) is 0 Å². The molecule has 0 radical (unpaired) electrons. The molecule has 1 aliphatic carbocycles. The lowest BCUT2D eigenvalue weighted by molar-refractivity contribution is 0.486. The second-order valence-corrected chi connectivity index (χ2v) is 3.40. The Morgan fingerprint density at radius 2 is 2.50 bits per heavy atom. The molecule has 1 N–H and O–H groups in total. The molecule has 0 bridgehead atoms. The molecule has 1 aromatic heterocycles. The summed E-state index contributed by atoms with van der Waals surface area (Å²) in [5, 5.41) is 7.59. The van der Waals surface area contributed by atoms with E-state index >= 15 is 0 Å². The highest BCUT2D eigenvalue weighted by Gasteiger charge is 2.21. The van der Waals surface area contributed by atoms with Crippen molar-refractivity contribution >= 4 is 0 Å². The number of nitrogens with zero attached hydrogens (tertiary/aromatic N) is 2. The Bertz CT molecular complexity index is 277. The van der Waals surface area contributed by atoms with Crippen LogP contribution in [0.25, 0.3) is 0 Å². The topological polar surface area (TPSA) is 29.9 Å². The van der Waals surface area contributed by atoms with E-state index in [2.05, 4.69) is 10.4 Å². The van der Waals surface area contributed by atoms with Crippen LogP contribution in [0.5, 0.6) is 0 Å². The summed E-state index contributed by atoms with van der Waals surface area (Å²) in [4.78, 5) is 0. The van der Waals surface area contributed by atoms with E-state index < -0.39 is 0 Å². The van der Waals surface area contributed by atoms with Crippen LogP contribution < -0.4 is 5.32 Å². The summed E-state index contributed by atoms with van der Waals surface area (Å²) in [5.41, 5.74) is 2.80. The van der Waals surface area contributed by atoms with Crippen molar-refractivity contribution in [2.45, 2.75) is 25.3 Å². The molecule has 1 heterocycles. The van der Waals surface area contributed by atoms with E-state index in [-0.39, 0.29) is 0 Å². The smallest absolute Gasteiger partial charge is 0.0540 e. The molecule has 0 amide bonds. The molecule has 3 heteroatoms. The van der Waals surface area contributed by atoms with E-state index in [1.807, 2.05) is 25.0 Å². The third-order valence-electron chi connectivity index (χ3n) is 2.72. The monoisotopic (exact) mass is 165 g/mol. The molecule has 66 valence electrons. The summed E-state index contributed by atoms with van der Waals surface area (Å²) in [7, 11) is 4.05. The van der Waals surface area contributed by atoms with Gasteiger partial charge in [-0.3, -0.25) is 4.68 Å². The van der Waals surface area contributed by atoms with Gasteiger partial charge in [-0.25, -0.2) is 0 Å². The summed E-state index contributed by atoms with van der Waals surface area (Å²) < 4.78 is 2.00. The van der Waals surface area contributed by atoms with Gasteiger partial charge in [0.25, 0.3) is 0 Å². The van der Waals surface area contributed by atoms with E-state index in [0.717, 1.165) is 0 Å². The van der Waals surface area contributed by atoms with Gasteiger partial charge < -0.3 is 5.32 Å². The second-order valence-electron chi connectivity index (χ2n) is 3.40. The fourth-order valence-electron chi connectivity index (χ4n) is 2.01. The van der Waals surface area contributed by atoms with Gasteiger partial charge >= 0.3 is 0 Å². The van der Waals surface area contributed by atoms with Gasteiger partial charge in [0.2, 0.25) is 0 Å². The van der Waals surface area contributed by atoms with Gasteiger partial charge in [-0.1, -0.05) is 0 Å². The highest BCUT2D eigenvalue weighted by molar-refractivity contribution is 5.24. The molecular formula is C9H15N3. The van der Waals surface area contributed by atoms with E-state index in [1.54, 1.807) is 0 Å². The number of aromatic nitrogens is 2. The SMILES string of the molecule is CNC1CCCc2c1cnn2C. The lowest BCUT2D eigenvalue weighted by Gasteiger charge is -2.21. The Labute approximate surface area is 72.8 Å². The lowest BCUT2D eigenvalue weighted by Crippen LogP contribution is -2.21. The quantitative estimate of drug-likeness (QED) is 0.673. The summed E-state index contributed by atoms with van der Waals surface area (Å²) in [6, 6.07) is 0.530. The first-order valence-corrected chi connectivity index (χ1v) is 4.51. The van der Waals surface area contributed by atoms with Crippen molar-refractivity contribution < 1.29 is 0 Å². The molecule has 0 fully saturated rings. The maximum atomic E-state index is 4.27. The molecule has 1 aromatic rings. The van der Waals surface area contributed by atoms with Gasteiger partial charge in [-0.2, -0.15) is 5.10 Å². The molecule has 3 nitrogen and oxygen atoms in total. The number of nitrogens with one attached hydrogen (secondary N) is 1. The van der Waals surface area contributed by atoms with Gasteiger partial charge in [0, 0.05) is 24.3 Å². The number of rotatable bonds is 1. The maximum Gasteiger partial charge on any atom is 0.0540 e. The van der Waals surface area contributed by atoms with Gasteiger partial charge in [-0.05, 0) is 26.3 Å². The molecule has 0 saturated carbocycles. The van der Waals surface area contributed by atoms with Crippen molar-refractivity contribution in [1.82, 2.24) is 15.1 Å². The van der Waals surface area contributed by atoms with Crippen LogP contribution in [-0.2, 0) is 13.5 Å². The van der Waals surface area contributed by atoms with Crippen LogP contribution in [0.1, 0.15) is 30.1 Å². The average Bonchev–Trinajstić information content (AvgIpc) is 2.48. The first-order chi connectivity index (χ1) is 5.83. The molecule has 2 rings (SSSR count). The highest BCUT2D eigenvalue weighted by Crippen LogP contribution is 2.28. The van der Waals surface area contributed by atoms with Crippen molar-refractivity contribution in [2.75, 3.05) is 7.05 Å². The maximum absolute atomic E-state index is 4.27. The third-order valence-corrected chi connectivity index (χ3v) is 2.72. The van der Waals surface area contributed by atoms with Crippen molar-refractivity contribution in [1.29, 1.82) is 0 Å². The molecular weight excluding hydrogens is 150 g/mol. The van der Waals surface area contributed by atoms with Crippen molar-refractivity contribution in [3.05, 3.63) is 17.5 Å². The largest absolute Gasteiger partial charge is 0.313 e. The normalized spacial score (nSPS) is 22.3. The Morgan fingerprint density at radius 1 is 1.67 bits per heavy atom. The predicted octanol–water partition coefficient (Wildman–Crippen LogP) is 1.02. The predicted molar refractivity (Wildman–Crippen MR) is 47.9 cm³/mol. The highest BCUT2D eigenvalue weighted by atomic mass is 15.3. The van der Waals surface area contributed by atoms with E-state index in [4.69, 9.17) is 0 Å². The number of aryl methyl sites for hydroxylation is 1. The first kappa shape index (κ1) is 7.80. The van der Waals surface area contributed by atoms with E-state index in [0.29, 0.717) is 6.04 Å². The van der Waals surface area contributed by atoms with Gasteiger partial charge in [-0.15, -0.1) is 0 Å². The van der Waals surface area contributed by atoms with E-state index in [9.17, 15) is 0 Å². The fraction of sp³-hybridized carbons (Fsp3) is 0.667. The molecule has 0 saturated heterocycles. The summed E-state index contributed by atoms with van der Waals surface area (Å²) in [6.07, 6.45) is 5.70. The second kappa shape index (κ2) is 2.90. The molecule has 0 aliphatic heterocycles. The van der Waals surface area contributed by atoms with Crippen LogP contribution in [0.15, 0.2) is 6.20 Å². The Balaban J connectivity index is 2.38. The summed E-state index contributed by atoms with van der Waals surface area (Å²) >= 11 is 0. The lowest BCUT2D eigenvalue weighted by atomic mass is 9.93. The van der Waals surface area contributed by atoms with Crippen molar-refractivity contribution in [3.8, 4) is 0 Å². The van der Waals surface area contributed by atoms with Crippen LogP contribution in [0.3, 0.4) is 0 Å². The molecule has 12 heavy (non-hydrogen) atoms. The molecule has 1 atom stereocenters.